The number of amides is 1. The largest absolute Gasteiger partial charge is 0.478 e. The third kappa shape index (κ3) is 5.80. The number of ether oxygens (including phenoxy) is 2. The van der Waals surface area contributed by atoms with Gasteiger partial charge in [-0.25, -0.2) is 4.39 Å². The van der Waals surface area contributed by atoms with Crippen LogP contribution in [0.2, 0.25) is 0 Å². The quantitative estimate of drug-likeness (QED) is 0.741. The summed E-state index contributed by atoms with van der Waals surface area (Å²) in [6, 6.07) is 6.13. The molecule has 1 aliphatic heterocycles. The first kappa shape index (κ1) is 17.7. The van der Waals surface area contributed by atoms with E-state index in [0.29, 0.717) is 13.0 Å². The van der Waals surface area contributed by atoms with E-state index >= 15 is 0 Å². The van der Waals surface area contributed by atoms with Crippen molar-refractivity contribution in [2.75, 3.05) is 39.4 Å². The van der Waals surface area contributed by atoms with Crippen molar-refractivity contribution in [1.29, 1.82) is 0 Å². The van der Waals surface area contributed by atoms with Crippen LogP contribution in [-0.4, -0.2) is 56.3 Å². The zero-order chi connectivity index (χ0) is 16.5. The molecule has 6 heteroatoms. The van der Waals surface area contributed by atoms with Gasteiger partial charge in [-0.15, -0.1) is 0 Å². The Hall–Kier alpha value is -1.66. The maximum absolute atomic E-state index is 13.6. The van der Waals surface area contributed by atoms with E-state index in [-0.39, 0.29) is 11.7 Å². The summed E-state index contributed by atoms with van der Waals surface area (Å²) in [6.45, 7) is 6.83. The molecule has 2 rings (SSSR count). The molecule has 1 aromatic carbocycles. The van der Waals surface area contributed by atoms with Crippen LogP contribution in [0.15, 0.2) is 24.3 Å². The molecule has 1 aliphatic rings. The summed E-state index contributed by atoms with van der Waals surface area (Å²) in [7, 11) is 0. The van der Waals surface area contributed by atoms with Gasteiger partial charge < -0.3 is 14.8 Å². The number of hydrogen-bond acceptors (Lipinski definition) is 4. The molecule has 1 atom stereocenters. The number of para-hydroxylation sites is 1. The first-order valence-electron chi connectivity index (χ1n) is 8.19. The molecular weight excluding hydrogens is 299 g/mol. The van der Waals surface area contributed by atoms with Crippen LogP contribution >= 0.6 is 0 Å². The van der Waals surface area contributed by atoms with E-state index in [2.05, 4.69) is 10.2 Å². The average Bonchev–Trinajstić information content (AvgIpc) is 2.59. The Morgan fingerprint density at radius 2 is 2.13 bits per heavy atom. The fourth-order valence-electron chi connectivity index (χ4n) is 2.47. The minimum absolute atomic E-state index is 0.114. The van der Waals surface area contributed by atoms with Gasteiger partial charge in [0, 0.05) is 19.6 Å². The topological polar surface area (TPSA) is 50.8 Å². The fourth-order valence-corrected chi connectivity index (χ4v) is 2.47. The number of nitrogens with one attached hydrogen (secondary N) is 1. The lowest BCUT2D eigenvalue weighted by Crippen LogP contribution is -2.41. The van der Waals surface area contributed by atoms with E-state index in [1.165, 1.54) is 12.1 Å². The molecule has 5 nitrogen and oxygen atoms in total. The van der Waals surface area contributed by atoms with Gasteiger partial charge in [-0.2, -0.15) is 0 Å². The van der Waals surface area contributed by atoms with Crippen molar-refractivity contribution >= 4 is 5.91 Å². The summed E-state index contributed by atoms with van der Waals surface area (Å²) >= 11 is 0. The first-order chi connectivity index (χ1) is 11.2. The highest BCUT2D eigenvalue weighted by Gasteiger charge is 2.19. The van der Waals surface area contributed by atoms with Crippen LogP contribution in [0, 0.1) is 5.82 Å². The number of benzene rings is 1. The Labute approximate surface area is 136 Å². The summed E-state index contributed by atoms with van der Waals surface area (Å²) in [5.41, 5.74) is 0. The lowest BCUT2D eigenvalue weighted by molar-refractivity contribution is -0.128. The van der Waals surface area contributed by atoms with Gasteiger partial charge >= 0.3 is 0 Å². The van der Waals surface area contributed by atoms with E-state index in [9.17, 15) is 9.18 Å². The summed E-state index contributed by atoms with van der Waals surface area (Å²) in [4.78, 5) is 14.5. The third-order valence-electron chi connectivity index (χ3n) is 3.82. The molecule has 128 valence electrons. The average molecular weight is 324 g/mol. The zero-order valence-corrected chi connectivity index (χ0v) is 13.6. The molecule has 0 saturated carbocycles. The summed E-state index contributed by atoms with van der Waals surface area (Å²) in [5.74, 6) is -0.536. The van der Waals surface area contributed by atoms with Crippen LogP contribution in [0.1, 0.15) is 19.8 Å². The van der Waals surface area contributed by atoms with Gasteiger partial charge in [-0.1, -0.05) is 19.1 Å². The molecule has 1 unspecified atom stereocenters. The predicted molar refractivity (Wildman–Crippen MR) is 86.0 cm³/mol. The molecule has 23 heavy (non-hydrogen) atoms. The Bertz CT molecular complexity index is 492. The second-order valence-corrected chi connectivity index (χ2v) is 5.54. The van der Waals surface area contributed by atoms with Crippen molar-refractivity contribution in [3.63, 3.8) is 0 Å². The summed E-state index contributed by atoms with van der Waals surface area (Å²) in [6.07, 6.45) is 0.696. The number of carbonyl (C=O) groups excluding carboxylic acids is 1. The van der Waals surface area contributed by atoms with Crippen molar-refractivity contribution in [2.45, 2.75) is 25.9 Å². The first-order valence-corrected chi connectivity index (χ1v) is 8.19. The number of hydrogen-bond donors (Lipinski definition) is 1. The van der Waals surface area contributed by atoms with Gasteiger partial charge in [0.1, 0.15) is 0 Å². The van der Waals surface area contributed by atoms with E-state index in [0.717, 1.165) is 39.3 Å². The second kappa shape index (κ2) is 9.47. The van der Waals surface area contributed by atoms with E-state index in [1.54, 1.807) is 12.1 Å². The highest BCUT2D eigenvalue weighted by Crippen LogP contribution is 2.18. The molecule has 1 amide bonds. The molecule has 1 saturated heterocycles. The molecular formula is C17H25FN2O3. The van der Waals surface area contributed by atoms with Gasteiger partial charge in [0.2, 0.25) is 0 Å². The van der Waals surface area contributed by atoms with Crippen LogP contribution in [0.5, 0.6) is 5.75 Å². The SMILES string of the molecule is CCC(Oc1ccccc1F)C(=O)NCCCN1CCOCC1. The highest BCUT2D eigenvalue weighted by molar-refractivity contribution is 5.81. The van der Waals surface area contributed by atoms with Crippen LogP contribution in [-0.2, 0) is 9.53 Å². The molecule has 0 aliphatic carbocycles. The Balaban J connectivity index is 1.71. The smallest absolute Gasteiger partial charge is 0.261 e. The highest BCUT2D eigenvalue weighted by atomic mass is 19.1. The molecule has 0 aromatic heterocycles. The van der Waals surface area contributed by atoms with E-state index in [4.69, 9.17) is 9.47 Å². The molecule has 0 spiro atoms. The van der Waals surface area contributed by atoms with Gasteiger partial charge in [0.25, 0.3) is 5.91 Å². The van der Waals surface area contributed by atoms with Crippen molar-refractivity contribution < 1.29 is 18.7 Å². The number of morpholine rings is 1. The lowest BCUT2D eigenvalue weighted by atomic mass is 10.2. The molecule has 1 N–H and O–H groups in total. The van der Waals surface area contributed by atoms with E-state index in [1.807, 2.05) is 6.92 Å². The zero-order valence-electron chi connectivity index (χ0n) is 13.6. The van der Waals surface area contributed by atoms with Crippen LogP contribution in [0.25, 0.3) is 0 Å². The number of rotatable bonds is 8. The normalized spacial score (nSPS) is 16.8. The number of halogens is 1. The molecule has 0 radical (unpaired) electrons. The summed E-state index contributed by atoms with van der Waals surface area (Å²) in [5, 5.41) is 2.87. The van der Waals surface area contributed by atoms with Gasteiger partial charge in [0.05, 0.1) is 13.2 Å². The van der Waals surface area contributed by atoms with E-state index < -0.39 is 11.9 Å². The van der Waals surface area contributed by atoms with Crippen molar-refractivity contribution in [3.8, 4) is 5.75 Å². The van der Waals surface area contributed by atoms with Gasteiger partial charge in [-0.3, -0.25) is 9.69 Å². The second-order valence-electron chi connectivity index (χ2n) is 5.54. The molecule has 1 heterocycles. The maximum Gasteiger partial charge on any atom is 0.261 e. The standard InChI is InChI=1S/C17H25FN2O3/c1-2-15(23-16-7-4-3-6-14(16)18)17(21)19-8-5-9-20-10-12-22-13-11-20/h3-4,6-7,15H,2,5,8-13H2,1H3,(H,19,21). The minimum atomic E-state index is -0.671. The maximum atomic E-state index is 13.6. The Morgan fingerprint density at radius 3 is 2.83 bits per heavy atom. The van der Waals surface area contributed by atoms with Gasteiger partial charge in [-0.05, 0) is 31.5 Å². The number of carbonyl (C=O) groups is 1. The lowest BCUT2D eigenvalue weighted by Gasteiger charge is -2.26. The monoisotopic (exact) mass is 324 g/mol. The number of nitrogens with zero attached hydrogens (tertiary/aromatic N) is 1. The predicted octanol–water partition coefficient (Wildman–Crippen LogP) is 1.82. The molecule has 1 aromatic rings. The van der Waals surface area contributed by atoms with Crippen molar-refractivity contribution in [3.05, 3.63) is 30.1 Å². The van der Waals surface area contributed by atoms with Crippen LogP contribution < -0.4 is 10.1 Å². The van der Waals surface area contributed by atoms with Crippen LogP contribution in [0.3, 0.4) is 0 Å². The van der Waals surface area contributed by atoms with Crippen molar-refractivity contribution in [1.82, 2.24) is 10.2 Å². The van der Waals surface area contributed by atoms with Crippen LogP contribution in [0.4, 0.5) is 4.39 Å². The Kier molecular flexibility index (Phi) is 7.29. The minimum Gasteiger partial charge on any atom is -0.478 e. The molecule has 1 fully saturated rings. The Morgan fingerprint density at radius 1 is 1.39 bits per heavy atom. The van der Waals surface area contributed by atoms with Crippen molar-refractivity contribution in [2.24, 2.45) is 0 Å². The molecule has 0 bridgehead atoms. The summed E-state index contributed by atoms with van der Waals surface area (Å²) < 4.78 is 24.4. The third-order valence-corrected chi connectivity index (χ3v) is 3.82. The van der Waals surface area contributed by atoms with Gasteiger partial charge in [0.15, 0.2) is 17.7 Å². The fraction of sp³-hybridized carbons (Fsp3) is 0.588.